The number of halogens is 3. The Hall–Kier alpha value is -2.94. The van der Waals surface area contributed by atoms with Gasteiger partial charge in [-0.15, -0.1) is 0 Å². The topological polar surface area (TPSA) is 65.5 Å². The Labute approximate surface area is 203 Å². The van der Waals surface area contributed by atoms with Crippen LogP contribution >= 0.6 is 0 Å². The molecule has 0 aliphatic carbocycles. The van der Waals surface area contributed by atoms with Crippen molar-refractivity contribution in [1.82, 2.24) is 20.1 Å². The molecule has 188 valence electrons. The van der Waals surface area contributed by atoms with Gasteiger partial charge in [0.2, 0.25) is 5.91 Å². The van der Waals surface area contributed by atoms with E-state index in [1.54, 1.807) is 6.20 Å². The Morgan fingerprint density at radius 2 is 1.97 bits per heavy atom. The molecule has 9 heteroatoms. The van der Waals surface area contributed by atoms with Crippen LogP contribution in [0.4, 0.5) is 13.2 Å². The van der Waals surface area contributed by atoms with Gasteiger partial charge in [0.05, 0.1) is 22.9 Å². The Bertz CT molecular complexity index is 1070. The fraction of sp³-hybridized carbons (Fsp3) is 0.500. The summed E-state index contributed by atoms with van der Waals surface area (Å²) in [6, 6.07) is 7.15. The Morgan fingerprint density at radius 3 is 2.60 bits per heavy atom. The predicted molar refractivity (Wildman–Crippen MR) is 125 cm³/mol. The number of rotatable bonds is 8. The number of likely N-dealkylation sites (tertiary alicyclic amines) is 1. The molecule has 1 unspecified atom stereocenters. The molecule has 2 amide bonds. The monoisotopic (exact) mass is 488 g/mol. The van der Waals surface area contributed by atoms with Gasteiger partial charge in [-0.25, -0.2) is 0 Å². The van der Waals surface area contributed by atoms with Crippen LogP contribution in [-0.2, 0) is 24.1 Å². The summed E-state index contributed by atoms with van der Waals surface area (Å²) in [5, 5.41) is 2.91. The third kappa shape index (κ3) is 5.83. The fourth-order valence-electron chi connectivity index (χ4n) is 4.97. The third-order valence-electron chi connectivity index (χ3n) is 6.67. The number of fused-ring (bicyclic) bond motifs is 1. The van der Waals surface area contributed by atoms with Gasteiger partial charge in [0.15, 0.2) is 0 Å². The van der Waals surface area contributed by atoms with Gasteiger partial charge >= 0.3 is 6.18 Å². The summed E-state index contributed by atoms with van der Waals surface area (Å²) in [5.74, 6) is 0.223. The highest BCUT2D eigenvalue weighted by atomic mass is 19.4. The molecule has 2 aliphatic heterocycles. The minimum Gasteiger partial charge on any atom is -0.352 e. The number of amides is 2. The zero-order valence-corrected chi connectivity index (χ0v) is 20.1. The molecule has 1 atom stereocenters. The minimum absolute atomic E-state index is 0.0161. The van der Waals surface area contributed by atoms with E-state index in [0.717, 1.165) is 41.9 Å². The number of alkyl halides is 3. The van der Waals surface area contributed by atoms with Crippen molar-refractivity contribution in [2.45, 2.75) is 58.4 Å². The van der Waals surface area contributed by atoms with Gasteiger partial charge in [0.1, 0.15) is 0 Å². The van der Waals surface area contributed by atoms with E-state index >= 15 is 0 Å². The van der Waals surface area contributed by atoms with Crippen molar-refractivity contribution in [2.75, 3.05) is 19.6 Å². The van der Waals surface area contributed by atoms with E-state index in [9.17, 15) is 22.8 Å². The van der Waals surface area contributed by atoms with Crippen LogP contribution in [0.5, 0.6) is 0 Å². The number of carbonyl (C=O) groups is 2. The van der Waals surface area contributed by atoms with Crippen molar-refractivity contribution in [3.8, 4) is 0 Å². The highest BCUT2D eigenvalue weighted by Crippen LogP contribution is 2.39. The van der Waals surface area contributed by atoms with Crippen LogP contribution in [0.1, 0.15) is 71.9 Å². The summed E-state index contributed by atoms with van der Waals surface area (Å²) in [7, 11) is 0. The number of carbonyl (C=O) groups excluding carboxylic acids is 2. The van der Waals surface area contributed by atoms with Crippen LogP contribution in [0.2, 0.25) is 0 Å². The first-order chi connectivity index (χ1) is 16.6. The van der Waals surface area contributed by atoms with Crippen LogP contribution in [0.25, 0.3) is 0 Å². The third-order valence-corrected chi connectivity index (χ3v) is 6.67. The lowest BCUT2D eigenvalue weighted by atomic mass is 9.99. The molecule has 2 aromatic rings. The molecule has 6 nitrogen and oxygen atoms in total. The predicted octanol–water partition coefficient (Wildman–Crippen LogP) is 4.56. The number of nitrogens with zero attached hydrogens (tertiary/aromatic N) is 3. The van der Waals surface area contributed by atoms with Gasteiger partial charge in [0, 0.05) is 45.3 Å². The van der Waals surface area contributed by atoms with Gasteiger partial charge < -0.3 is 10.2 Å². The van der Waals surface area contributed by atoms with Gasteiger partial charge in [-0.1, -0.05) is 26.0 Å². The molecule has 0 radical (unpaired) electrons. The zero-order chi connectivity index (χ0) is 25.2. The summed E-state index contributed by atoms with van der Waals surface area (Å²) in [4.78, 5) is 33.0. The molecule has 0 spiro atoms. The summed E-state index contributed by atoms with van der Waals surface area (Å²) in [6.07, 6.45) is -0.545. The van der Waals surface area contributed by atoms with Crippen molar-refractivity contribution in [1.29, 1.82) is 0 Å². The van der Waals surface area contributed by atoms with Crippen molar-refractivity contribution in [3.63, 3.8) is 0 Å². The highest BCUT2D eigenvalue weighted by molar-refractivity contribution is 5.94. The van der Waals surface area contributed by atoms with Crippen molar-refractivity contribution in [2.24, 2.45) is 5.92 Å². The molecule has 35 heavy (non-hydrogen) atoms. The van der Waals surface area contributed by atoms with E-state index in [0.29, 0.717) is 44.6 Å². The molecule has 2 aliphatic rings. The van der Waals surface area contributed by atoms with Crippen LogP contribution in [0.15, 0.2) is 36.5 Å². The molecule has 0 saturated carbocycles. The lowest BCUT2D eigenvalue weighted by Crippen LogP contribution is -2.30. The lowest BCUT2D eigenvalue weighted by Gasteiger charge is -2.27. The standard InChI is InChI=1S/C26H31F3N4O2/c1-17(2)24-23-20(16-33(24)15-18-6-8-21(9-7-18)26(27,28)29)13-19(14-31-23)25(35)30-10-4-12-32-11-3-5-22(32)34/h6-9,13-14,17,24H,3-5,10-12,15-16H2,1-2H3,(H,30,35). The Kier molecular flexibility index (Phi) is 7.44. The first-order valence-electron chi connectivity index (χ1n) is 12.1. The number of hydrogen-bond acceptors (Lipinski definition) is 4. The molecular formula is C26H31F3N4O2. The maximum absolute atomic E-state index is 12.9. The maximum Gasteiger partial charge on any atom is 0.416 e. The molecule has 1 N–H and O–H groups in total. The second-order valence-corrected chi connectivity index (χ2v) is 9.65. The average molecular weight is 489 g/mol. The first-order valence-corrected chi connectivity index (χ1v) is 12.1. The Morgan fingerprint density at radius 1 is 1.23 bits per heavy atom. The summed E-state index contributed by atoms with van der Waals surface area (Å²) < 4.78 is 38.7. The molecule has 3 heterocycles. The number of pyridine rings is 1. The van der Waals surface area contributed by atoms with E-state index in [2.05, 4.69) is 29.0 Å². The number of hydrogen-bond donors (Lipinski definition) is 1. The fourth-order valence-corrected chi connectivity index (χ4v) is 4.97. The normalized spacial score (nSPS) is 18.4. The molecule has 1 aromatic carbocycles. The summed E-state index contributed by atoms with van der Waals surface area (Å²) in [6.45, 7) is 7.17. The van der Waals surface area contributed by atoms with Crippen LogP contribution < -0.4 is 5.32 Å². The van der Waals surface area contributed by atoms with E-state index in [1.807, 2.05) is 11.0 Å². The number of benzene rings is 1. The Balaban J connectivity index is 1.38. The van der Waals surface area contributed by atoms with Gasteiger partial charge in [0.25, 0.3) is 5.91 Å². The average Bonchev–Trinajstić information content (AvgIpc) is 3.38. The molecule has 1 aromatic heterocycles. The number of aromatic nitrogens is 1. The van der Waals surface area contributed by atoms with E-state index in [-0.39, 0.29) is 23.8 Å². The van der Waals surface area contributed by atoms with Crippen LogP contribution in [-0.4, -0.2) is 46.2 Å². The molecule has 4 rings (SSSR count). The van der Waals surface area contributed by atoms with Crippen molar-refractivity contribution < 1.29 is 22.8 Å². The van der Waals surface area contributed by atoms with E-state index in [4.69, 9.17) is 0 Å². The van der Waals surface area contributed by atoms with E-state index in [1.165, 1.54) is 12.1 Å². The quantitative estimate of drug-likeness (QED) is 0.554. The van der Waals surface area contributed by atoms with E-state index < -0.39 is 11.7 Å². The molecule has 0 bridgehead atoms. The molecule has 1 saturated heterocycles. The van der Waals surface area contributed by atoms with Crippen molar-refractivity contribution in [3.05, 3.63) is 64.5 Å². The summed E-state index contributed by atoms with van der Waals surface area (Å²) >= 11 is 0. The van der Waals surface area contributed by atoms with Gasteiger partial charge in [-0.05, 0) is 48.1 Å². The highest BCUT2D eigenvalue weighted by Gasteiger charge is 2.35. The lowest BCUT2D eigenvalue weighted by molar-refractivity contribution is -0.137. The van der Waals surface area contributed by atoms with Crippen LogP contribution in [0, 0.1) is 5.92 Å². The smallest absolute Gasteiger partial charge is 0.352 e. The summed E-state index contributed by atoms with van der Waals surface area (Å²) in [5.41, 5.74) is 2.50. The largest absolute Gasteiger partial charge is 0.416 e. The number of nitrogens with one attached hydrogen (secondary N) is 1. The van der Waals surface area contributed by atoms with Gasteiger partial charge in [-0.3, -0.25) is 19.5 Å². The minimum atomic E-state index is -4.35. The SMILES string of the molecule is CC(C)C1c2ncc(C(=O)NCCCN3CCCC3=O)cc2CN1Cc1ccc(C(F)(F)F)cc1. The second-order valence-electron chi connectivity index (χ2n) is 9.65. The maximum atomic E-state index is 12.9. The molecule has 1 fully saturated rings. The second kappa shape index (κ2) is 10.4. The van der Waals surface area contributed by atoms with Crippen molar-refractivity contribution >= 4 is 11.8 Å². The van der Waals surface area contributed by atoms with Gasteiger partial charge in [-0.2, -0.15) is 13.2 Å². The first kappa shape index (κ1) is 25.2. The molecular weight excluding hydrogens is 457 g/mol. The van der Waals surface area contributed by atoms with Crippen LogP contribution in [0.3, 0.4) is 0 Å². The zero-order valence-electron chi connectivity index (χ0n) is 20.1.